The van der Waals surface area contributed by atoms with Gasteiger partial charge >= 0.3 is 12.1 Å². The normalized spacial score (nSPS) is 16.8. The van der Waals surface area contributed by atoms with Gasteiger partial charge in [-0.1, -0.05) is 13.0 Å². The summed E-state index contributed by atoms with van der Waals surface area (Å²) in [4.78, 5) is 24.8. The molecule has 2 aromatic carbocycles. The molecule has 158 valence electrons. The largest absolute Gasteiger partial charge is 0.491 e. The van der Waals surface area contributed by atoms with Crippen LogP contribution in [-0.4, -0.2) is 25.5 Å². The number of alkyl halides is 3. The Bertz CT molecular complexity index is 977. The van der Waals surface area contributed by atoms with Gasteiger partial charge in [-0.2, -0.15) is 13.2 Å². The Morgan fingerprint density at radius 3 is 2.43 bits per heavy atom. The topological polar surface area (TPSA) is 61.8 Å². The van der Waals surface area contributed by atoms with Crippen molar-refractivity contribution in [1.29, 1.82) is 0 Å². The average Bonchev–Trinajstić information content (AvgIpc) is 2.73. The summed E-state index contributed by atoms with van der Waals surface area (Å²) in [6.07, 6.45) is -3.95. The maximum Gasteiger partial charge on any atom is 0.416 e. The highest BCUT2D eigenvalue weighted by atomic mass is 19.4. The van der Waals surface area contributed by atoms with Crippen LogP contribution in [0.1, 0.15) is 24.5 Å². The molecule has 0 spiro atoms. The summed E-state index contributed by atoms with van der Waals surface area (Å²) in [5, 5.41) is 0. The number of carbonyl (C=O) groups excluding carboxylic acids is 2. The van der Waals surface area contributed by atoms with Gasteiger partial charge in [-0.15, -0.1) is 0 Å². The van der Waals surface area contributed by atoms with Gasteiger partial charge < -0.3 is 14.2 Å². The summed E-state index contributed by atoms with van der Waals surface area (Å²) in [7, 11) is 1.18. The van der Waals surface area contributed by atoms with Crippen molar-refractivity contribution in [2.24, 2.45) is 5.92 Å². The van der Waals surface area contributed by atoms with E-state index < -0.39 is 23.6 Å². The molecular formula is C22H19F3O5. The first kappa shape index (κ1) is 21.4. The van der Waals surface area contributed by atoms with Gasteiger partial charge in [0.25, 0.3) is 0 Å². The van der Waals surface area contributed by atoms with E-state index in [9.17, 15) is 22.8 Å². The molecule has 1 aliphatic heterocycles. The fourth-order valence-corrected chi connectivity index (χ4v) is 3.02. The lowest BCUT2D eigenvalue weighted by molar-refractivity contribution is -0.139. The van der Waals surface area contributed by atoms with Crippen molar-refractivity contribution in [3.05, 3.63) is 65.2 Å². The molecule has 1 unspecified atom stereocenters. The molecule has 30 heavy (non-hydrogen) atoms. The van der Waals surface area contributed by atoms with Crippen LogP contribution in [0.2, 0.25) is 0 Å². The molecule has 0 aliphatic carbocycles. The van der Waals surface area contributed by atoms with Gasteiger partial charge in [0.15, 0.2) is 5.78 Å². The van der Waals surface area contributed by atoms with Gasteiger partial charge in [0.1, 0.15) is 22.8 Å². The highest BCUT2D eigenvalue weighted by Gasteiger charge is 2.35. The lowest BCUT2D eigenvalue weighted by Crippen LogP contribution is -2.31. The third kappa shape index (κ3) is 4.48. The summed E-state index contributed by atoms with van der Waals surface area (Å²) in [5.74, 6) is -1.12. The van der Waals surface area contributed by atoms with Crippen LogP contribution in [0.25, 0.3) is 5.76 Å². The number of hydrogen-bond acceptors (Lipinski definition) is 5. The fourth-order valence-electron chi connectivity index (χ4n) is 3.02. The molecule has 0 radical (unpaired) electrons. The Labute approximate surface area is 171 Å². The molecule has 5 nitrogen and oxygen atoms in total. The molecular weight excluding hydrogens is 401 g/mol. The Hall–Kier alpha value is -3.29. The minimum Gasteiger partial charge on any atom is -0.491 e. The van der Waals surface area contributed by atoms with Gasteiger partial charge in [-0.05, 0) is 48.9 Å². The summed E-state index contributed by atoms with van der Waals surface area (Å²) < 4.78 is 54.4. The van der Waals surface area contributed by atoms with E-state index in [4.69, 9.17) is 14.2 Å². The molecule has 0 aromatic heterocycles. The summed E-state index contributed by atoms with van der Waals surface area (Å²) in [6, 6.07) is 10.7. The molecule has 0 saturated heterocycles. The number of Topliss-reactive ketones (excluding diaryl/α,β-unsaturated/α-hetero) is 1. The van der Waals surface area contributed by atoms with Gasteiger partial charge in [-0.25, -0.2) is 4.79 Å². The third-order valence-electron chi connectivity index (χ3n) is 4.67. The van der Waals surface area contributed by atoms with Crippen molar-refractivity contribution in [3.63, 3.8) is 0 Å². The second-order valence-electron chi connectivity index (χ2n) is 6.63. The molecule has 1 aliphatic rings. The minimum absolute atomic E-state index is 0.0296. The van der Waals surface area contributed by atoms with Crippen LogP contribution in [0.4, 0.5) is 13.2 Å². The number of ketones is 1. The first-order valence-electron chi connectivity index (χ1n) is 9.19. The van der Waals surface area contributed by atoms with E-state index in [1.54, 1.807) is 12.1 Å². The van der Waals surface area contributed by atoms with Crippen LogP contribution in [0.3, 0.4) is 0 Å². The van der Waals surface area contributed by atoms with E-state index in [1.807, 2.05) is 6.92 Å². The van der Waals surface area contributed by atoms with Crippen LogP contribution >= 0.6 is 0 Å². The Kier molecular flexibility index (Phi) is 6.14. The van der Waals surface area contributed by atoms with E-state index >= 15 is 0 Å². The van der Waals surface area contributed by atoms with Crippen molar-refractivity contribution < 1.29 is 37.0 Å². The Morgan fingerprint density at radius 1 is 1.13 bits per heavy atom. The highest BCUT2D eigenvalue weighted by Crippen LogP contribution is 2.34. The minimum atomic E-state index is -4.47. The van der Waals surface area contributed by atoms with E-state index in [-0.39, 0.29) is 35.2 Å². The van der Waals surface area contributed by atoms with E-state index in [2.05, 4.69) is 0 Å². The fraction of sp³-hybridized carbons (Fsp3) is 0.273. The molecule has 0 amide bonds. The zero-order valence-electron chi connectivity index (χ0n) is 16.3. The molecule has 0 N–H and O–H groups in total. The quantitative estimate of drug-likeness (QED) is 0.503. The summed E-state index contributed by atoms with van der Waals surface area (Å²) in [6.45, 7) is 1.97. The molecule has 0 fully saturated rings. The molecule has 8 heteroatoms. The van der Waals surface area contributed by atoms with Crippen LogP contribution < -0.4 is 4.74 Å². The van der Waals surface area contributed by atoms with Gasteiger partial charge in [0.2, 0.25) is 0 Å². The van der Waals surface area contributed by atoms with Gasteiger partial charge in [-0.3, -0.25) is 4.79 Å². The standard InChI is InChI=1S/C22H19F3O5/c1-3-13-12-29-20(18(19(13)26)21(27)28-2)14-7-9-16(10-8-14)30-17-6-4-5-15(11-17)22(23,24)25/h4-11,13H,3,12H2,1-2H3. The van der Waals surface area contributed by atoms with Crippen molar-refractivity contribution in [3.8, 4) is 11.5 Å². The maximum absolute atomic E-state index is 12.8. The van der Waals surface area contributed by atoms with Crippen LogP contribution in [-0.2, 0) is 25.2 Å². The lowest BCUT2D eigenvalue weighted by atomic mass is 9.91. The number of halogens is 3. The summed E-state index contributed by atoms with van der Waals surface area (Å²) >= 11 is 0. The SMILES string of the molecule is CCC1COC(c2ccc(Oc3cccc(C(F)(F)F)c3)cc2)=C(C(=O)OC)C1=O. The molecule has 1 atom stereocenters. The molecule has 2 aromatic rings. The van der Waals surface area contributed by atoms with Crippen molar-refractivity contribution in [2.75, 3.05) is 13.7 Å². The van der Waals surface area contributed by atoms with E-state index in [1.165, 1.54) is 31.4 Å². The number of methoxy groups -OCH3 is 1. The number of rotatable bonds is 5. The zero-order chi connectivity index (χ0) is 21.9. The summed E-state index contributed by atoms with van der Waals surface area (Å²) in [5.41, 5.74) is -0.513. The monoisotopic (exact) mass is 420 g/mol. The smallest absolute Gasteiger partial charge is 0.416 e. The predicted octanol–water partition coefficient (Wildman–Crippen LogP) is 5.01. The number of carbonyl (C=O) groups is 2. The molecule has 3 rings (SSSR count). The van der Waals surface area contributed by atoms with Gasteiger partial charge in [0, 0.05) is 5.56 Å². The molecule has 0 bridgehead atoms. The van der Waals surface area contributed by atoms with Gasteiger partial charge in [0.05, 0.1) is 25.2 Å². The second-order valence-corrected chi connectivity index (χ2v) is 6.63. The highest BCUT2D eigenvalue weighted by molar-refractivity contribution is 6.23. The molecule has 0 saturated carbocycles. The Balaban J connectivity index is 1.88. The van der Waals surface area contributed by atoms with E-state index in [0.717, 1.165) is 12.1 Å². The van der Waals surface area contributed by atoms with Crippen molar-refractivity contribution in [2.45, 2.75) is 19.5 Å². The predicted molar refractivity (Wildman–Crippen MR) is 102 cm³/mol. The van der Waals surface area contributed by atoms with Crippen LogP contribution in [0.15, 0.2) is 54.1 Å². The van der Waals surface area contributed by atoms with Crippen LogP contribution in [0.5, 0.6) is 11.5 Å². The number of benzene rings is 2. The third-order valence-corrected chi connectivity index (χ3v) is 4.67. The first-order valence-corrected chi connectivity index (χ1v) is 9.19. The van der Waals surface area contributed by atoms with Crippen LogP contribution in [0, 0.1) is 5.92 Å². The number of ether oxygens (including phenoxy) is 3. The number of esters is 1. The van der Waals surface area contributed by atoms with Crippen molar-refractivity contribution in [1.82, 2.24) is 0 Å². The maximum atomic E-state index is 12.8. The number of hydrogen-bond donors (Lipinski definition) is 0. The zero-order valence-corrected chi connectivity index (χ0v) is 16.3. The lowest BCUT2D eigenvalue weighted by Gasteiger charge is -2.25. The Morgan fingerprint density at radius 2 is 1.83 bits per heavy atom. The van der Waals surface area contributed by atoms with E-state index in [0.29, 0.717) is 12.0 Å². The second kappa shape index (κ2) is 8.61. The average molecular weight is 420 g/mol. The first-order chi connectivity index (χ1) is 14.2. The molecule has 1 heterocycles. The van der Waals surface area contributed by atoms with Crippen molar-refractivity contribution >= 4 is 17.5 Å².